The van der Waals surface area contributed by atoms with E-state index in [1.165, 1.54) is 36.5 Å². The lowest BCUT2D eigenvalue weighted by atomic mass is 10.2. The van der Waals surface area contributed by atoms with Crippen LogP contribution in [0.25, 0.3) is 0 Å². The molecular weight excluding hydrogens is 285 g/mol. The van der Waals surface area contributed by atoms with Gasteiger partial charge in [-0.2, -0.15) is 0 Å². The van der Waals surface area contributed by atoms with Crippen LogP contribution >= 0.6 is 11.6 Å². The fourth-order valence-electron chi connectivity index (χ4n) is 1.53. The number of hydrazine groups is 1. The molecule has 7 heteroatoms. The fourth-order valence-corrected chi connectivity index (χ4v) is 1.73. The summed E-state index contributed by atoms with van der Waals surface area (Å²) < 4.78 is 13.5. The number of carbonyl (C=O) groups is 2. The number of aromatic nitrogens is 1. The maximum Gasteiger partial charge on any atom is 0.278 e. The Hall–Kier alpha value is -2.31. The molecule has 0 fully saturated rings. The normalized spacial score (nSPS) is 10.2. The minimum atomic E-state index is -0.965. The highest BCUT2D eigenvalue weighted by atomic mass is 35.5. The van der Waals surface area contributed by atoms with Gasteiger partial charge in [-0.3, -0.25) is 9.59 Å². The number of nitrogens with two attached hydrogens (primary N) is 1. The maximum absolute atomic E-state index is 13.5. The standard InChI is InChI=1S/C13H9ClFN3O2/c14-11-9(5-3-7-17-11)13(20)18(16)12(19)8-4-1-2-6-10(8)15/h1-7H,16H2. The zero-order chi connectivity index (χ0) is 14.7. The van der Waals surface area contributed by atoms with E-state index >= 15 is 0 Å². The average molecular weight is 294 g/mol. The molecule has 0 atom stereocenters. The molecule has 102 valence electrons. The van der Waals surface area contributed by atoms with Crippen molar-refractivity contribution in [1.82, 2.24) is 9.99 Å². The molecule has 1 heterocycles. The highest BCUT2D eigenvalue weighted by molar-refractivity contribution is 6.33. The van der Waals surface area contributed by atoms with Gasteiger partial charge < -0.3 is 0 Å². The molecule has 1 aromatic heterocycles. The summed E-state index contributed by atoms with van der Waals surface area (Å²) in [6, 6.07) is 8.06. The van der Waals surface area contributed by atoms with Crippen LogP contribution in [0.15, 0.2) is 42.6 Å². The SMILES string of the molecule is NN(C(=O)c1ccccc1F)C(=O)c1cccnc1Cl. The van der Waals surface area contributed by atoms with Crippen LogP contribution in [0.1, 0.15) is 20.7 Å². The summed E-state index contributed by atoms with van der Waals surface area (Å²) in [6.45, 7) is 0. The third-order valence-corrected chi connectivity index (χ3v) is 2.83. The molecule has 0 bridgehead atoms. The Bertz CT molecular complexity index is 621. The zero-order valence-corrected chi connectivity index (χ0v) is 10.8. The Morgan fingerprint density at radius 1 is 1.10 bits per heavy atom. The summed E-state index contributed by atoms with van der Waals surface area (Å²) >= 11 is 5.75. The van der Waals surface area contributed by atoms with Gasteiger partial charge in [0.05, 0.1) is 11.1 Å². The summed E-state index contributed by atoms with van der Waals surface area (Å²) in [6.07, 6.45) is 1.39. The summed E-state index contributed by atoms with van der Waals surface area (Å²) in [5.74, 6) is 2.85. The molecule has 0 spiro atoms. The molecule has 2 N–H and O–H groups in total. The summed E-state index contributed by atoms with van der Waals surface area (Å²) in [4.78, 5) is 27.7. The lowest BCUT2D eigenvalue weighted by Gasteiger charge is -2.15. The number of amides is 2. The van der Waals surface area contributed by atoms with Crippen molar-refractivity contribution in [1.29, 1.82) is 0 Å². The van der Waals surface area contributed by atoms with Crippen LogP contribution in [0.2, 0.25) is 5.15 Å². The number of carbonyl (C=O) groups excluding carboxylic acids is 2. The number of pyridine rings is 1. The molecule has 5 nitrogen and oxygen atoms in total. The first kappa shape index (κ1) is 14.1. The minimum absolute atomic E-state index is 0.0404. The molecule has 1 aromatic carbocycles. The van der Waals surface area contributed by atoms with Gasteiger partial charge in [0.15, 0.2) is 0 Å². The monoisotopic (exact) mass is 293 g/mol. The molecule has 0 aliphatic rings. The number of benzene rings is 1. The number of halogens is 2. The largest absolute Gasteiger partial charge is 0.278 e. The summed E-state index contributed by atoms with van der Waals surface area (Å²) in [5.41, 5.74) is -0.343. The molecule has 2 rings (SSSR count). The van der Waals surface area contributed by atoms with Crippen LogP contribution in [0, 0.1) is 5.82 Å². The Kier molecular flexibility index (Phi) is 4.07. The maximum atomic E-state index is 13.5. The van der Waals surface area contributed by atoms with Crippen LogP contribution in [0.3, 0.4) is 0 Å². The van der Waals surface area contributed by atoms with E-state index in [0.717, 1.165) is 6.07 Å². The molecule has 20 heavy (non-hydrogen) atoms. The smallest absolute Gasteiger partial charge is 0.267 e. The molecule has 0 saturated carbocycles. The van der Waals surface area contributed by atoms with E-state index in [1.54, 1.807) is 0 Å². The molecule has 0 aliphatic heterocycles. The van der Waals surface area contributed by atoms with Crippen molar-refractivity contribution < 1.29 is 14.0 Å². The number of rotatable bonds is 2. The van der Waals surface area contributed by atoms with E-state index in [0.29, 0.717) is 5.01 Å². The van der Waals surface area contributed by atoms with Gasteiger partial charge in [0.1, 0.15) is 11.0 Å². The minimum Gasteiger partial charge on any atom is -0.267 e. The number of imide groups is 1. The van der Waals surface area contributed by atoms with Crippen LogP contribution in [-0.2, 0) is 0 Å². The quantitative estimate of drug-likeness (QED) is 0.302. The van der Waals surface area contributed by atoms with Gasteiger partial charge in [-0.1, -0.05) is 23.7 Å². The van der Waals surface area contributed by atoms with Crippen molar-refractivity contribution in [2.45, 2.75) is 0 Å². The number of nitrogens with zero attached hydrogens (tertiary/aromatic N) is 2. The number of hydrogen-bond donors (Lipinski definition) is 1. The van der Waals surface area contributed by atoms with Crippen LogP contribution in [0.4, 0.5) is 4.39 Å². The first-order valence-corrected chi connectivity index (χ1v) is 5.88. The van der Waals surface area contributed by atoms with Gasteiger partial charge in [0.25, 0.3) is 11.8 Å². The zero-order valence-electron chi connectivity index (χ0n) is 10.1. The first-order valence-electron chi connectivity index (χ1n) is 5.51. The molecule has 0 saturated heterocycles. The molecule has 0 aliphatic carbocycles. The summed E-state index contributed by atoms with van der Waals surface area (Å²) in [7, 11) is 0. The van der Waals surface area contributed by atoms with E-state index in [4.69, 9.17) is 17.4 Å². The molecule has 0 radical (unpaired) electrons. The van der Waals surface area contributed by atoms with E-state index < -0.39 is 17.6 Å². The molecule has 2 aromatic rings. The van der Waals surface area contributed by atoms with Crippen LogP contribution in [-0.4, -0.2) is 21.8 Å². The Labute approximate surface area is 118 Å². The third kappa shape index (κ3) is 2.66. The van der Waals surface area contributed by atoms with E-state index in [-0.39, 0.29) is 16.3 Å². The Morgan fingerprint density at radius 2 is 1.70 bits per heavy atom. The second kappa shape index (κ2) is 5.77. The van der Waals surface area contributed by atoms with Crippen LogP contribution < -0.4 is 5.84 Å². The Balaban J connectivity index is 2.30. The molecule has 0 unspecified atom stereocenters. The predicted octanol–water partition coefficient (Wildman–Crippen LogP) is 2.03. The first-order chi connectivity index (χ1) is 9.52. The van der Waals surface area contributed by atoms with Crippen molar-refractivity contribution in [3.05, 3.63) is 64.7 Å². The van der Waals surface area contributed by atoms with E-state index in [1.807, 2.05) is 0 Å². The fraction of sp³-hybridized carbons (Fsp3) is 0. The predicted molar refractivity (Wildman–Crippen MR) is 70.3 cm³/mol. The van der Waals surface area contributed by atoms with Crippen molar-refractivity contribution in [2.24, 2.45) is 5.84 Å². The van der Waals surface area contributed by atoms with Crippen molar-refractivity contribution >= 4 is 23.4 Å². The third-order valence-electron chi connectivity index (χ3n) is 2.53. The lowest BCUT2D eigenvalue weighted by molar-refractivity contribution is 0.0613. The van der Waals surface area contributed by atoms with Gasteiger partial charge in [-0.25, -0.2) is 20.2 Å². The second-order valence-corrected chi connectivity index (χ2v) is 4.16. The topological polar surface area (TPSA) is 76.3 Å². The summed E-state index contributed by atoms with van der Waals surface area (Å²) in [5, 5.41) is 0.218. The number of hydrogen-bond acceptors (Lipinski definition) is 4. The highest BCUT2D eigenvalue weighted by Crippen LogP contribution is 2.15. The second-order valence-electron chi connectivity index (χ2n) is 3.80. The van der Waals surface area contributed by atoms with Gasteiger partial charge in [-0.15, -0.1) is 0 Å². The van der Waals surface area contributed by atoms with E-state index in [2.05, 4.69) is 4.98 Å². The van der Waals surface area contributed by atoms with Crippen molar-refractivity contribution in [3.8, 4) is 0 Å². The molecular formula is C13H9ClFN3O2. The highest BCUT2D eigenvalue weighted by Gasteiger charge is 2.24. The average Bonchev–Trinajstić information content (AvgIpc) is 2.46. The van der Waals surface area contributed by atoms with Crippen LogP contribution in [0.5, 0.6) is 0 Å². The van der Waals surface area contributed by atoms with Crippen molar-refractivity contribution in [3.63, 3.8) is 0 Å². The van der Waals surface area contributed by atoms with Crippen molar-refractivity contribution in [2.75, 3.05) is 0 Å². The van der Waals surface area contributed by atoms with Gasteiger partial charge >= 0.3 is 0 Å². The Morgan fingerprint density at radius 3 is 2.35 bits per heavy atom. The van der Waals surface area contributed by atoms with Gasteiger partial charge in [0.2, 0.25) is 0 Å². The van der Waals surface area contributed by atoms with E-state index in [9.17, 15) is 14.0 Å². The van der Waals surface area contributed by atoms with Gasteiger partial charge in [-0.05, 0) is 24.3 Å². The lowest BCUT2D eigenvalue weighted by Crippen LogP contribution is -2.43. The van der Waals surface area contributed by atoms with Gasteiger partial charge in [0, 0.05) is 6.20 Å². The molecule has 2 amide bonds.